The highest BCUT2D eigenvalue weighted by Crippen LogP contribution is 2.41. The van der Waals surface area contributed by atoms with Crippen molar-refractivity contribution in [2.24, 2.45) is 0 Å². The molecule has 2 aromatic rings. The minimum atomic E-state index is 0.121. The zero-order valence-electron chi connectivity index (χ0n) is 13.5. The third-order valence-corrected chi connectivity index (χ3v) is 5.00. The fraction of sp³-hybridized carbons (Fsp3) is 0.500. The lowest BCUT2D eigenvalue weighted by Gasteiger charge is -2.34. The number of imidazole rings is 1. The second-order valence-electron chi connectivity index (χ2n) is 6.66. The summed E-state index contributed by atoms with van der Waals surface area (Å²) in [6, 6.07) is 4.06. The Balaban J connectivity index is 1.45. The first kappa shape index (κ1) is 14.4. The molecule has 1 aliphatic carbocycles. The second kappa shape index (κ2) is 5.80. The summed E-state index contributed by atoms with van der Waals surface area (Å²) in [5.74, 6) is 2.05. The van der Waals surface area contributed by atoms with Gasteiger partial charge < -0.3 is 9.47 Å². The van der Waals surface area contributed by atoms with Crippen LogP contribution in [0, 0.1) is 6.92 Å². The molecule has 0 radical (unpaired) electrons. The van der Waals surface area contributed by atoms with Crippen LogP contribution in [-0.4, -0.2) is 38.4 Å². The van der Waals surface area contributed by atoms with Crippen molar-refractivity contribution in [3.05, 3.63) is 47.8 Å². The summed E-state index contributed by atoms with van der Waals surface area (Å²) in [6.45, 7) is 3.77. The Morgan fingerprint density at radius 2 is 1.83 bits per heavy atom. The molecule has 3 heterocycles. The molecular formula is C18H22N4O. The smallest absolute Gasteiger partial charge is 0.253 e. The fourth-order valence-electron chi connectivity index (χ4n) is 3.59. The molecule has 2 fully saturated rings. The lowest BCUT2D eigenvalue weighted by Crippen LogP contribution is -2.39. The van der Waals surface area contributed by atoms with Crippen LogP contribution in [0.25, 0.3) is 0 Å². The van der Waals surface area contributed by atoms with Gasteiger partial charge in [0, 0.05) is 54.9 Å². The number of carbonyl (C=O) groups is 1. The number of aromatic nitrogens is 3. The van der Waals surface area contributed by atoms with Crippen LogP contribution in [0.15, 0.2) is 30.7 Å². The minimum absolute atomic E-state index is 0.121. The summed E-state index contributed by atoms with van der Waals surface area (Å²) in [5.41, 5.74) is 1.99. The molecule has 0 atom stereocenters. The first-order valence-electron chi connectivity index (χ1n) is 8.47. The average Bonchev–Trinajstić information content (AvgIpc) is 3.38. The molecule has 1 saturated heterocycles. The van der Waals surface area contributed by atoms with Crippen LogP contribution < -0.4 is 0 Å². The molecule has 1 aliphatic heterocycles. The van der Waals surface area contributed by atoms with Crippen molar-refractivity contribution in [2.45, 2.75) is 44.6 Å². The van der Waals surface area contributed by atoms with Gasteiger partial charge in [-0.3, -0.25) is 9.78 Å². The van der Waals surface area contributed by atoms with E-state index in [4.69, 9.17) is 0 Å². The van der Waals surface area contributed by atoms with Crippen LogP contribution in [0.5, 0.6) is 0 Å². The SMILES string of the molecule is Cc1cnc(C2CC2)n1C1CCN(C(=O)c2ccncc2)CC1. The molecule has 2 aliphatic rings. The van der Waals surface area contributed by atoms with Gasteiger partial charge in [-0.05, 0) is 44.7 Å². The molecular weight excluding hydrogens is 288 g/mol. The first-order valence-corrected chi connectivity index (χ1v) is 8.47. The van der Waals surface area contributed by atoms with Gasteiger partial charge >= 0.3 is 0 Å². The highest BCUT2D eigenvalue weighted by molar-refractivity contribution is 5.94. The van der Waals surface area contributed by atoms with Crippen molar-refractivity contribution in [3.8, 4) is 0 Å². The minimum Gasteiger partial charge on any atom is -0.338 e. The van der Waals surface area contributed by atoms with E-state index in [0.29, 0.717) is 12.0 Å². The second-order valence-corrected chi connectivity index (χ2v) is 6.66. The van der Waals surface area contributed by atoms with E-state index in [-0.39, 0.29) is 5.91 Å². The summed E-state index contributed by atoms with van der Waals surface area (Å²) in [6.07, 6.45) is 9.92. The van der Waals surface area contributed by atoms with Gasteiger partial charge in [0.05, 0.1) is 0 Å². The number of hydrogen-bond acceptors (Lipinski definition) is 3. The summed E-state index contributed by atoms with van der Waals surface area (Å²) in [7, 11) is 0. The molecule has 0 spiro atoms. The van der Waals surface area contributed by atoms with Crippen LogP contribution >= 0.6 is 0 Å². The van der Waals surface area contributed by atoms with Crippen molar-refractivity contribution in [2.75, 3.05) is 13.1 Å². The fourth-order valence-corrected chi connectivity index (χ4v) is 3.59. The standard InChI is InChI=1S/C18H22N4O/c1-13-12-20-17(14-2-3-14)22(13)16-6-10-21(11-7-16)18(23)15-4-8-19-9-5-15/h4-5,8-9,12,14,16H,2-3,6-7,10-11H2,1H3. The molecule has 1 amide bonds. The summed E-state index contributed by atoms with van der Waals surface area (Å²) >= 11 is 0. The van der Waals surface area contributed by atoms with Crippen molar-refractivity contribution >= 4 is 5.91 Å². The van der Waals surface area contributed by atoms with Gasteiger partial charge in [-0.2, -0.15) is 0 Å². The number of likely N-dealkylation sites (tertiary alicyclic amines) is 1. The van der Waals surface area contributed by atoms with Crippen molar-refractivity contribution < 1.29 is 4.79 Å². The zero-order valence-corrected chi connectivity index (χ0v) is 13.5. The Labute approximate surface area is 136 Å². The van der Waals surface area contributed by atoms with E-state index in [1.54, 1.807) is 24.5 Å². The average molecular weight is 310 g/mol. The van der Waals surface area contributed by atoms with Gasteiger partial charge in [-0.1, -0.05) is 0 Å². The summed E-state index contributed by atoms with van der Waals surface area (Å²) in [4.78, 5) is 23.1. The largest absolute Gasteiger partial charge is 0.338 e. The number of carbonyl (C=O) groups excluding carboxylic acids is 1. The Hall–Kier alpha value is -2.17. The lowest BCUT2D eigenvalue weighted by molar-refractivity contribution is 0.0693. The number of hydrogen-bond donors (Lipinski definition) is 0. The molecule has 0 N–H and O–H groups in total. The predicted molar refractivity (Wildman–Crippen MR) is 87.4 cm³/mol. The lowest BCUT2D eigenvalue weighted by atomic mass is 10.0. The number of amides is 1. The molecule has 2 aromatic heterocycles. The van der Waals surface area contributed by atoms with E-state index in [9.17, 15) is 4.79 Å². The monoisotopic (exact) mass is 310 g/mol. The zero-order chi connectivity index (χ0) is 15.8. The third kappa shape index (κ3) is 2.76. The summed E-state index contributed by atoms with van der Waals surface area (Å²) in [5, 5.41) is 0. The van der Waals surface area contributed by atoms with E-state index < -0.39 is 0 Å². The normalized spacial score (nSPS) is 19.1. The quantitative estimate of drug-likeness (QED) is 0.876. The maximum absolute atomic E-state index is 12.5. The highest BCUT2D eigenvalue weighted by atomic mass is 16.2. The van der Waals surface area contributed by atoms with Crippen LogP contribution in [-0.2, 0) is 0 Å². The molecule has 0 aromatic carbocycles. The predicted octanol–water partition coefficient (Wildman–Crippen LogP) is 2.94. The highest BCUT2D eigenvalue weighted by Gasteiger charge is 2.32. The number of aryl methyl sites for hydroxylation is 1. The van der Waals surface area contributed by atoms with Gasteiger partial charge in [-0.25, -0.2) is 4.98 Å². The first-order chi connectivity index (χ1) is 11.2. The molecule has 120 valence electrons. The molecule has 5 heteroatoms. The van der Waals surface area contributed by atoms with Crippen molar-refractivity contribution in [1.29, 1.82) is 0 Å². The Morgan fingerprint density at radius 3 is 2.48 bits per heavy atom. The van der Waals surface area contributed by atoms with Gasteiger partial charge in [0.25, 0.3) is 5.91 Å². The van der Waals surface area contributed by atoms with Crippen LogP contribution in [0.4, 0.5) is 0 Å². The van der Waals surface area contributed by atoms with E-state index in [2.05, 4.69) is 21.5 Å². The number of nitrogens with zero attached hydrogens (tertiary/aromatic N) is 4. The third-order valence-electron chi connectivity index (χ3n) is 5.00. The summed E-state index contributed by atoms with van der Waals surface area (Å²) < 4.78 is 2.44. The molecule has 4 rings (SSSR count). The van der Waals surface area contributed by atoms with Gasteiger partial charge in [0.15, 0.2) is 0 Å². The Morgan fingerprint density at radius 1 is 1.13 bits per heavy atom. The van der Waals surface area contributed by atoms with Crippen LogP contribution in [0.2, 0.25) is 0 Å². The van der Waals surface area contributed by atoms with Crippen molar-refractivity contribution in [3.63, 3.8) is 0 Å². The topological polar surface area (TPSA) is 51.0 Å². The van der Waals surface area contributed by atoms with E-state index in [0.717, 1.165) is 31.5 Å². The number of pyridine rings is 1. The Kier molecular flexibility index (Phi) is 3.63. The van der Waals surface area contributed by atoms with E-state index in [1.165, 1.54) is 24.4 Å². The van der Waals surface area contributed by atoms with Crippen LogP contribution in [0.1, 0.15) is 59.5 Å². The molecule has 0 bridgehead atoms. The molecule has 23 heavy (non-hydrogen) atoms. The van der Waals surface area contributed by atoms with Gasteiger partial charge in [0.2, 0.25) is 0 Å². The molecule has 0 unspecified atom stereocenters. The van der Waals surface area contributed by atoms with E-state index >= 15 is 0 Å². The number of rotatable bonds is 3. The van der Waals surface area contributed by atoms with Crippen LogP contribution in [0.3, 0.4) is 0 Å². The molecule has 1 saturated carbocycles. The van der Waals surface area contributed by atoms with Gasteiger partial charge in [0.1, 0.15) is 5.82 Å². The molecule has 5 nitrogen and oxygen atoms in total. The van der Waals surface area contributed by atoms with Crippen molar-refractivity contribution in [1.82, 2.24) is 19.4 Å². The number of piperidine rings is 1. The maximum Gasteiger partial charge on any atom is 0.253 e. The maximum atomic E-state index is 12.5. The van der Waals surface area contributed by atoms with E-state index in [1.807, 2.05) is 11.1 Å². The van der Waals surface area contributed by atoms with Gasteiger partial charge in [-0.15, -0.1) is 0 Å². The Bertz CT molecular complexity index is 697.